The summed E-state index contributed by atoms with van der Waals surface area (Å²) in [7, 11) is 1.56. The number of ether oxygens (including phenoxy) is 1. The molecule has 0 amide bonds. The first-order chi connectivity index (χ1) is 10.7. The Morgan fingerprint density at radius 1 is 1.41 bits per heavy atom. The van der Waals surface area contributed by atoms with E-state index in [1.807, 2.05) is 31.2 Å². The maximum atomic E-state index is 9.44. The quantitative estimate of drug-likeness (QED) is 0.872. The molecule has 0 spiro atoms. The largest absolute Gasteiger partial charge is 0.496 e. The third kappa shape index (κ3) is 2.63. The van der Waals surface area contributed by atoms with Crippen molar-refractivity contribution in [3.63, 3.8) is 0 Å². The van der Waals surface area contributed by atoms with Crippen molar-refractivity contribution < 1.29 is 4.74 Å². The van der Waals surface area contributed by atoms with Gasteiger partial charge < -0.3 is 10.5 Å². The van der Waals surface area contributed by atoms with Crippen molar-refractivity contribution in [3.8, 4) is 17.9 Å². The number of rotatable bonds is 4. The van der Waals surface area contributed by atoms with Crippen LogP contribution in [0.2, 0.25) is 0 Å². The van der Waals surface area contributed by atoms with Gasteiger partial charge in [-0.05, 0) is 19.1 Å². The van der Waals surface area contributed by atoms with Crippen molar-refractivity contribution in [2.75, 3.05) is 12.8 Å². The van der Waals surface area contributed by atoms with E-state index in [9.17, 15) is 10.5 Å². The third-order valence-electron chi connectivity index (χ3n) is 3.22. The molecule has 0 atom stereocenters. The van der Waals surface area contributed by atoms with Gasteiger partial charge in [0.15, 0.2) is 0 Å². The number of nitrogen functional groups attached to an aromatic ring is 1. The standard InChI is InChI=1S/C16H15N5O/c1-3-21-16(19)13(10-18)15(20-21)12(9-17)8-11-6-4-5-7-14(11)22-2/h4-8H,3,19H2,1-2H3/b12-8+. The molecule has 22 heavy (non-hydrogen) atoms. The van der Waals surface area contributed by atoms with Gasteiger partial charge in [0.2, 0.25) is 0 Å². The van der Waals surface area contributed by atoms with E-state index in [4.69, 9.17) is 10.5 Å². The van der Waals surface area contributed by atoms with Gasteiger partial charge in [-0.1, -0.05) is 18.2 Å². The van der Waals surface area contributed by atoms with Crippen molar-refractivity contribution in [3.05, 3.63) is 41.1 Å². The molecule has 2 rings (SSSR count). The lowest BCUT2D eigenvalue weighted by atomic mass is 10.1. The molecule has 0 fully saturated rings. The lowest BCUT2D eigenvalue weighted by Gasteiger charge is -2.04. The zero-order chi connectivity index (χ0) is 16.1. The van der Waals surface area contributed by atoms with Crippen molar-refractivity contribution in [1.29, 1.82) is 10.5 Å². The van der Waals surface area contributed by atoms with Crippen LogP contribution in [0.5, 0.6) is 5.75 Å². The highest BCUT2D eigenvalue weighted by molar-refractivity contribution is 5.92. The number of nitrogens with two attached hydrogens (primary N) is 1. The Morgan fingerprint density at radius 2 is 2.14 bits per heavy atom. The summed E-state index contributed by atoms with van der Waals surface area (Å²) in [4.78, 5) is 0. The number of allylic oxidation sites excluding steroid dienone is 1. The Kier molecular flexibility index (Phi) is 4.45. The lowest BCUT2D eigenvalue weighted by molar-refractivity contribution is 0.414. The van der Waals surface area contributed by atoms with E-state index >= 15 is 0 Å². The number of nitriles is 2. The maximum Gasteiger partial charge on any atom is 0.140 e. The van der Waals surface area contributed by atoms with Crippen LogP contribution in [0.25, 0.3) is 11.6 Å². The van der Waals surface area contributed by atoms with Crippen molar-refractivity contribution in [1.82, 2.24) is 9.78 Å². The predicted octanol–water partition coefficient (Wildman–Crippen LogP) is 2.43. The minimum atomic E-state index is 0.213. The number of nitrogens with zero attached hydrogens (tertiary/aromatic N) is 4. The van der Waals surface area contributed by atoms with Crippen molar-refractivity contribution in [2.24, 2.45) is 0 Å². The molecule has 6 nitrogen and oxygen atoms in total. The van der Waals surface area contributed by atoms with E-state index in [1.54, 1.807) is 19.3 Å². The fourth-order valence-corrected chi connectivity index (χ4v) is 2.11. The summed E-state index contributed by atoms with van der Waals surface area (Å²) >= 11 is 0. The number of methoxy groups -OCH3 is 1. The lowest BCUT2D eigenvalue weighted by Crippen LogP contribution is -2.02. The van der Waals surface area contributed by atoms with Gasteiger partial charge in [-0.25, -0.2) is 4.68 Å². The zero-order valence-corrected chi connectivity index (χ0v) is 12.4. The number of benzene rings is 1. The summed E-state index contributed by atoms with van der Waals surface area (Å²) in [6, 6.07) is 11.4. The number of aromatic nitrogens is 2. The molecule has 0 saturated heterocycles. The molecule has 110 valence electrons. The van der Waals surface area contributed by atoms with Crippen LogP contribution >= 0.6 is 0 Å². The van der Waals surface area contributed by atoms with E-state index in [-0.39, 0.29) is 22.6 Å². The molecule has 2 aromatic rings. The van der Waals surface area contributed by atoms with Crippen LogP contribution in [0.3, 0.4) is 0 Å². The number of para-hydroxylation sites is 1. The molecule has 1 aromatic heterocycles. The van der Waals surface area contributed by atoms with Gasteiger partial charge in [-0.2, -0.15) is 15.6 Å². The Hall–Kier alpha value is -3.25. The summed E-state index contributed by atoms with van der Waals surface area (Å²) in [6.45, 7) is 2.39. The molecule has 0 unspecified atom stereocenters. The van der Waals surface area contributed by atoms with E-state index in [2.05, 4.69) is 11.2 Å². The minimum Gasteiger partial charge on any atom is -0.496 e. The van der Waals surface area contributed by atoms with Gasteiger partial charge in [0.05, 0.1) is 12.7 Å². The smallest absolute Gasteiger partial charge is 0.140 e. The molecule has 1 aromatic carbocycles. The molecule has 1 heterocycles. The highest BCUT2D eigenvalue weighted by Crippen LogP contribution is 2.27. The van der Waals surface area contributed by atoms with Crippen molar-refractivity contribution >= 4 is 17.5 Å². The van der Waals surface area contributed by atoms with Crippen LogP contribution in [0.15, 0.2) is 24.3 Å². The van der Waals surface area contributed by atoms with E-state index < -0.39 is 0 Å². The van der Waals surface area contributed by atoms with Crippen LogP contribution in [-0.4, -0.2) is 16.9 Å². The first kappa shape index (κ1) is 15.1. The summed E-state index contributed by atoms with van der Waals surface area (Å²) < 4.78 is 6.77. The number of hydrogen-bond donors (Lipinski definition) is 1. The van der Waals surface area contributed by atoms with E-state index in [1.165, 1.54) is 4.68 Å². The second-order valence-electron chi connectivity index (χ2n) is 4.45. The molecule has 0 bridgehead atoms. The maximum absolute atomic E-state index is 9.44. The molecule has 0 aliphatic carbocycles. The first-order valence-corrected chi connectivity index (χ1v) is 6.67. The number of hydrogen-bond acceptors (Lipinski definition) is 5. The molecule has 0 saturated carbocycles. The van der Waals surface area contributed by atoms with Gasteiger partial charge in [0.1, 0.15) is 35.0 Å². The molecular formula is C16H15N5O. The van der Waals surface area contributed by atoms with E-state index in [0.717, 1.165) is 5.56 Å². The van der Waals surface area contributed by atoms with Crippen LogP contribution < -0.4 is 10.5 Å². The van der Waals surface area contributed by atoms with Crippen LogP contribution in [0, 0.1) is 22.7 Å². The molecule has 0 aliphatic rings. The first-order valence-electron chi connectivity index (χ1n) is 6.67. The van der Waals surface area contributed by atoms with Crippen LogP contribution in [0.4, 0.5) is 5.82 Å². The molecule has 2 N–H and O–H groups in total. The van der Waals surface area contributed by atoms with Gasteiger partial charge in [-0.3, -0.25) is 0 Å². The van der Waals surface area contributed by atoms with Crippen LogP contribution in [0.1, 0.15) is 23.7 Å². The van der Waals surface area contributed by atoms with Gasteiger partial charge in [-0.15, -0.1) is 0 Å². The Balaban J connectivity index is 2.61. The SMILES string of the molecule is CCn1nc(/C(C#N)=C/c2ccccc2OC)c(C#N)c1N. The normalized spacial score (nSPS) is 10.8. The second-order valence-corrected chi connectivity index (χ2v) is 4.45. The predicted molar refractivity (Wildman–Crippen MR) is 83.5 cm³/mol. The van der Waals surface area contributed by atoms with Crippen molar-refractivity contribution in [2.45, 2.75) is 13.5 Å². The second kappa shape index (κ2) is 6.47. The summed E-state index contributed by atoms with van der Waals surface area (Å²) in [5.74, 6) is 0.901. The Labute approximate surface area is 128 Å². The molecule has 0 aliphatic heterocycles. The molecule has 6 heteroatoms. The zero-order valence-electron chi connectivity index (χ0n) is 12.4. The number of aryl methyl sites for hydroxylation is 1. The van der Waals surface area contributed by atoms with Gasteiger partial charge >= 0.3 is 0 Å². The summed E-state index contributed by atoms with van der Waals surface area (Å²) in [5, 5.41) is 23.0. The molecular weight excluding hydrogens is 278 g/mol. The van der Waals surface area contributed by atoms with E-state index in [0.29, 0.717) is 12.3 Å². The topological polar surface area (TPSA) is 101 Å². The average molecular weight is 293 g/mol. The average Bonchev–Trinajstić information content (AvgIpc) is 2.88. The minimum absolute atomic E-state index is 0.213. The fraction of sp³-hybridized carbons (Fsp3) is 0.188. The van der Waals surface area contributed by atoms with Gasteiger partial charge in [0.25, 0.3) is 0 Å². The Bertz CT molecular complexity index is 805. The summed E-state index contributed by atoms with van der Waals surface area (Å²) in [6.07, 6.45) is 1.64. The Morgan fingerprint density at radius 3 is 2.73 bits per heavy atom. The third-order valence-corrected chi connectivity index (χ3v) is 3.22. The number of anilines is 1. The highest BCUT2D eigenvalue weighted by Gasteiger charge is 2.18. The highest BCUT2D eigenvalue weighted by atomic mass is 16.5. The fourth-order valence-electron chi connectivity index (χ4n) is 2.11. The van der Waals surface area contributed by atoms with Gasteiger partial charge in [0, 0.05) is 12.1 Å². The molecule has 0 radical (unpaired) electrons. The van der Waals surface area contributed by atoms with Crippen LogP contribution in [-0.2, 0) is 6.54 Å². The summed E-state index contributed by atoms with van der Waals surface area (Å²) in [5.41, 5.74) is 7.38. The monoisotopic (exact) mass is 293 g/mol.